The summed E-state index contributed by atoms with van der Waals surface area (Å²) in [6, 6.07) is 26.5. The van der Waals surface area contributed by atoms with E-state index in [1.54, 1.807) is 11.8 Å². The van der Waals surface area contributed by atoms with E-state index in [0.717, 1.165) is 61.0 Å². The van der Waals surface area contributed by atoms with Crippen LogP contribution in [0.15, 0.2) is 83.8 Å². The molecular formula is C26H29N3OS. The van der Waals surface area contributed by atoms with Crippen LogP contribution < -0.4 is 0 Å². The Morgan fingerprint density at radius 1 is 0.903 bits per heavy atom. The largest absolute Gasteiger partial charge is 0.340 e. The Kier molecular flexibility index (Phi) is 7.39. The SMILES string of the molecule is Cc1cccc(CN2CCCN(C(=O)C(Sc3ccccc3)c3ccccc3)CC2)n1. The number of carbonyl (C=O) groups excluding carboxylic acids is 1. The topological polar surface area (TPSA) is 36.4 Å². The van der Waals surface area contributed by atoms with Crippen molar-refractivity contribution in [2.45, 2.75) is 30.0 Å². The second-order valence-corrected chi connectivity index (χ2v) is 9.13. The van der Waals surface area contributed by atoms with Crippen LogP contribution in [0.25, 0.3) is 0 Å². The zero-order chi connectivity index (χ0) is 21.5. The Bertz CT molecular complexity index is 980. The van der Waals surface area contributed by atoms with Gasteiger partial charge in [0, 0.05) is 43.3 Å². The lowest BCUT2D eigenvalue weighted by Gasteiger charge is -2.26. The average Bonchev–Trinajstić information content (AvgIpc) is 3.04. The minimum absolute atomic E-state index is 0.204. The van der Waals surface area contributed by atoms with Crippen molar-refractivity contribution in [3.8, 4) is 0 Å². The predicted octanol–water partition coefficient (Wildman–Crippen LogP) is 4.96. The van der Waals surface area contributed by atoms with Crippen molar-refractivity contribution in [1.29, 1.82) is 0 Å². The Morgan fingerprint density at radius 3 is 2.39 bits per heavy atom. The fourth-order valence-electron chi connectivity index (χ4n) is 3.96. The van der Waals surface area contributed by atoms with Crippen molar-refractivity contribution < 1.29 is 4.79 Å². The number of rotatable bonds is 6. The quantitative estimate of drug-likeness (QED) is 0.517. The highest BCUT2D eigenvalue weighted by Crippen LogP contribution is 2.36. The molecule has 0 radical (unpaired) electrons. The van der Waals surface area contributed by atoms with E-state index >= 15 is 0 Å². The lowest BCUT2D eigenvalue weighted by Crippen LogP contribution is -2.37. The number of benzene rings is 2. The van der Waals surface area contributed by atoms with Crippen molar-refractivity contribution in [2.24, 2.45) is 0 Å². The first-order valence-electron chi connectivity index (χ1n) is 10.9. The zero-order valence-electron chi connectivity index (χ0n) is 18.0. The molecule has 1 atom stereocenters. The van der Waals surface area contributed by atoms with E-state index in [-0.39, 0.29) is 11.2 Å². The van der Waals surface area contributed by atoms with Gasteiger partial charge in [-0.25, -0.2) is 0 Å². The molecule has 0 N–H and O–H groups in total. The maximum Gasteiger partial charge on any atom is 0.240 e. The molecule has 5 heteroatoms. The fourth-order valence-corrected chi connectivity index (χ4v) is 5.09. The van der Waals surface area contributed by atoms with Crippen LogP contribution in [0.5, 0.6) is 0 Å². The van der Waals surface area contributed by atoms with Crippen LogP contribution in [-0.2, 0) is 11.3 Å². The molecule has 2 heterocycles. The summed E-state index contributed by atoms with van der Waals surface area (Å²) in [5.74, 6) is 0.204. The van der Waals surface area contributed by atoms with Gasteiger partial charge in [-0.3, -0.25) is 14.7 Å². The second-order valence-electron chi connectivity index (χ2n) is 7.95. The Hall–Kier alpha value is -2.63. The third kappa shape index (κ3) is 5.96. The summed E-state index contributed by atoms with van der Waals surface area (Å²) in [5.41, 5.74) is 3.21. The number of hydrogen-bond donors (Lipinski definition) is 0. The van der Waals surface area contributed by atoms with Gasteiger partial charge in [0.25, 0.3) is 0 Å². The van der Waals surface area contributed by atoms with Gasteiger partial charge in [-0.2, -0.15) is 0 Å². The lowest BCUT2D eigenvalue weighted by molar-refractivity contribution is -0.130. The molecule has 160 valence electrons. The second kappa shape index (κ2) is 10.6. The molecule has 31 heavy (non-hydrogen) atoms. The van der Waals surface area contributed by atoms with E-state index in [9.17, 15) is 4.79 Å². The summed E-state index contributed by atoms with van der Waals surface area (Å²) >= 11 is 1.64. The van der Waals surface area contributed by atoms with Gasteiger partial charge < -0.3 is 4.90 Å². The van der Waals surface area contributed by atoms with Crippen LogP contribution >= 0.6 is 11.8 Å². The van der Waals surface area contributed by atoms with Gasteiger partial charge in [-0.15, -0.1) is 11.8 Å². The molecular weight excluding hydrogens is 402 g/mol. The van der Waals surface area contributed by atoms with E-state index in [1.807, 2.05) is 49.4 Å². The van der Waals surface area contributed by atoms with Crippen molar-refractivity contribution in [2.75, 3.05) is 26.2 Å². The molecule has 4 rings (SSSR count). The van der Waals surface area contributed by atoms with Crippen molar-refractivity contribution in [3.63, 3.8) is 0 Å². The highest BCUT2D eigenvalue weighted by molar-refractivity contribution is 8.00. The van der Waals surface area contributed by atoms with Gasteiger partial charge in [0.05, 0.1) is 5.69 Å². The van der Waals surface area contributed by atoms with Crippen LogP contribution in [0.1, 0.15) is 28.6 Å². The average molecular weight is 432 g/mol. The van der Waals surface area contributed by atoms with Crippen LogP contribution in [0.4, 0.5) is 0 Å². The molecule has 1 saturated heterocycles. The molecule has 3 aromatic rings. The molecule has 1 aliphatic rings. The van der Waals surface area contributed by atoms with Gasteiger partial charge in [0.2, 0.25) is 5.91 Å². The molecule has 2 aromatic carbocycles. The number of thioether (sulfide) groups is 1. The van der Waals surface area contributed by atoms with Crippen molar-refractivity contribution in [1.82, 2.24) is 14.8 Å². The van der Waals surface area contributed by atoms with E-state index < -0.39 is 0 Å². The Balaban J connectivity index is 1.45. The minimum Gasteiger partial charge on any atom is -0.340 e. The van der Waals surface area contributed by atoms with Gasteiger partial charge >= 0.3 is 0 Å². The third-order valence-corrected chi connectivity index (χ3v) is 6.81. The van der Waals surface area contributed by atoms with Crippen LogP contribution in [0, 0.1) is 6.92 Å². The maximum atomic E-state index is 13.6. The smallest absolute Gasteiger partial charge is 0.240 e. The Morgan fingerprint density at radius 2 is 1.65 bits per heavy atom. The molecule has 0 aliphatic carbocycles. The number of hydrogen-bond acceptors (Lipinski definition) is 4. The summed E-state index contributed by atoms with van der Waals surface area (Å²) < 4.78 is 0. The van der Waals surface area contributed by atoms with E-state index in [4.69, 9.17) is 0 Å². The predicted molar refractivity (Wildman–Crippen MR) is 127 cm³/mol. The first-order chi connectivity index (χ1) is 15.2. The summed E-state index contributed by atoms with van der Waals surface area (Å²) in [4.78, 5) is 23.9. The first-order valence-corrected chi connectivity index (χ1v) is 11.8. The molecule has 1 aliphatic heterocycles. The van der Waals surface area contributed by atoms with E-state index in [0.29, 0.717) is 0 Å². The molecule has 1 unspecified atom stereocenters. The van der Waals surface area contributed by atoms with Crippen LogP contribution in [0.3, 0.4) is 0 Å². The Labute approximate surface area is 189 Å². The normalized spacial score (nSPS) is 16.0. The monoisotopic (exact) mass is 431 g/mol. The molecule has 1 aromatic heterocycles. The molecule has 1 fully saturated rings. The number of nitrogens with zero attached hydrogens (tertiary/aromatic N) is 3. The van der Waals surface area contributed by atoms with Crippen molar-refractivity contribution >= 4 is 17.7 Å². The number of aromatic nitrogens is 1. The number of carbonyl (C=O) groups is 1. The molecule has 0 spiro atoms. The summed E-state index contributed by atoms with van der Waals surface area (Å²) in [6.45, 7) is 6.28. The molecule has 4 nitrogen and oxygen atoms in total. The van der Waals surface area contributed by atoms with Gasteiger partial charge in [-0.05, 0) is 43.2 Å². The summed E-state index contributed by atoms with van der Waals surface area (Å²) in [6.07, 6.45) is 0.981. The van der Waals surface area contributed by atoms with Crippen LogP contribution in [-0.4, -0.2) is 46.9 Å². The highest BCUT2D eigenvalue weighted by Gasteiger charge is 2.28. The van der Waals surface area contributed by atoms with Gasteiger partial charge in [0.1, 0.15) is 5.25 Å². The molecule has 0 bridgehead atoms. The lowest BCUT2D eigenvalue weighted by atomic mass is 10.1. The van der Waals surface area contributed by atoms with Gasteiger partial charge in [-0.1, -0.05) is 54.6 Å². The summed E-state index contributed by atoms with van der Waals surface area (Å²) in [5, 5.41) is -0.228. The van der Waals surface area contributed by atoms with E-state index in [2.05, 4.69) is 51.2 Å². The summed E-state index contributed by atoms with van der Waals surface area (Å²) in [7, 11) is 0. The van der Waals surface area contributed by atoms with Gasteiger partial charge in [0.15, 0.2) is 0 Å². The fraction of sp³-hybridized carbons (Fsp3) is 0.308. The van der Waals surface area contributed by atoms with Crippen LogP contribution in [0.2, 0.25) is 0 Å². The first kappa shape index (κ1) is 21.6. The highest BCUT2D eigenvalue weighted by atomic mass is 32.2. The maximum absolute atomic E-state index is 13.6. The van der Waals surface area contributed by atoms with E-state index in [1.165, 1.54) is 0 Å². The standard InChI is InChI=1S/C26H29N3OS/c1-21-10-8-13-23(27-21)20-28-16-9-17-29(19-18-28)26(30)25(22-11-4-2-5-12-22)31-24-14-6-3-7-15-24/h2-8,10-15,25H,9,16-20H2,1H3. The molecule has 0 saturated carbocycles. The third-order valence-electron chi connectivity index (χ3n) is 5.56. The van der Waals surface area contributed by atoms with Crippen molar-refractivity contribution in [3.05, 3.63) is 95.8 Å². The number of amides is 1. The zero-order valence-corrected chi connectivity index (χ0v) is 18.8. The minimum atomic E-state index is -0.228. The number of aryl methyl sites for hydroxylation is 1. The molecule has 1 amide bonds. The number of pyridine rings is 1.